The maximum Gasteiger partial charge on any atom is 0.355 e. The number of hydrogen-bond donors (Lipinski definition) is 1. The van der Waals surface area contributed by atoms with Crippen molar-refractivity contribution in [1.29, 1.82) is 0 Å². The number of nitrogens with zero attached hydrogens (tertiary/aromatic N) is 4. The Morgan fingerprint density at radius 2 is 2.08 bits per heavy atom. The molecule has 0 spiro atoms. The number of esters is 1. The molecule has 0 unspecified atom stereocenters. The minimum absolute atomic E-state index is 0.0536. The van der Waals surface area contributed by atoms with Crippen LogP contribution >= 0.6 is 23.1 Å². The summed E-state index contributed by atoms with van der Waals surface area (Å²) in [6, 6.07) is 5.42. The average Bonchev–Trinajstić information content (AvgIpc) is 3.48. The Bertz CT molecular complexity index is 1390. The number of aromatic nitrogens is 2. The van der Waals surface area contributed by atoms with Gasteiger partial charge < -0.3 is 14.7 Å². The molecular formula is C24H24N4O6S2. The lowest BCUT2D eigenvalue weighted by atomic mass is 9.77. The molecule has 4 atom stereocenters. The number of nitro benzene ring substituents is 1. The molecule has 0 radical (unpaired) electrons. The zero-order valence-electron chi connectivity index (χ0n) is 19.8. The maximum atomic E-state index is 13.4. The number of benzene rings is 1. The monoisotopic (exact) mass is 528 g/mol. The van der Waals surface area contributed by atoms with Crippen LogP contribution in [0.25, 0.3) is 10.4 Å². The Labute approximate surface area is 214 Å². The normalized spacial score (nSPS) is 22.1. The number of amides is 1. The molecule has 1 saturated heterocycles. The molecule has 1 fully saturated rings. The van der Waals surface area contributed by atoms with Crippen LogP contribution in [0.4, 0.5) is 5.69 Å². The van der Waals surface area contributed by atoms with E-state index in [1.54, 1.807) is 25.0 Å². The third-order valence-electron chi connectivity index (χ3n) is 6.61. The van der Waals surface area contributed by atoms with Crippen LogP contribution in [0.3, 0.4) is 0 Å². The minimum Gasteiger partial charge on any atom is -0.456 e. The van der Waals surface area contributed by atoms with Crippen molar-refractivity contribution in [3.05, 3.63) is 63.0 Å². The van der Waals surface area contributed by atoms with Gasteiger partial charge in [-0.15, -0.1) is 23.1 Å². The van der Waals surface area contributed by atoms with Crippen molar-refractivity contribution < 1.29 is 24.4 Å². The van der Waals surface area contributed by atoms with Crippen LogP contribution in [0, 0.1) is 22.0 Å². The third kappa shape index (κ3) is 3.89. The first-order valence-corrected chi connectivity index (χ1v) is 13.3. The molecule has 2 aliphatic rings. The van der Waals surface area contributed by atoms with Crippen molar-refractivity contribution in [2.45, 2.75) is 44.5 Å². The van der Waals surface area contributed by atoms with Crippen molar-refractivity contribution in [3.63, 3.8) is 0 Å². The summed E-state index contributed by atoms with van der Waals surface area (Å²) in [4.78, 5) is 44.5. The fourth-order valence-corrected chi connectivity index (χ4v) is 6.99. The first-order chi connectivity index (χ1) is 17.2. The van der Waals surface area contributed by atoms with Gasteiger partial charge in [-0.05, 0) is 30.4 Å². The minimum atomic E-state index is -0.839. The molecule has 2 aliphatic heterocycles. The number of β-lactam (4-membered cyclic amide) rings is 1. The summed E-state index contributed by atoms with van der Waals surface area (Å²) in [6.45, 7) is 5.51. The molecular weight excluding hydrogens is 504 g/mol. The van der Waals surface area contributed by atoms with Gasteiger partial charge in [-0.25, -0.2) is 9.78 Å². The van der Waals surface area contributed by atoms with E-state index in [-0.39, 0.29) is 35.9 Å². The van der Waals surface area contributed by atoms with Gasteiger partial charge in [0.25, 0.3) is 5.69 Å². The largest absolute Gasteiger partial charge is 0.456 e. The van der Waals surface area contributed by atoms with Gasteiger partial charge in [-0.3, -0.25) is 19.3 Å². The van der Waals surface area contributed by atoms with Gasteiger partial charge in [0, 0.05) is 29.8 Å². The molecule has 188 valence electrons. The van der Waals surface area contributed by atoms with E-state index < -0.39 is 22.9 Å². The number of nitro groups is 1. The zero-order valence-corrected chi connectivity index (χ0v) is 21.4. The Morgan fingerprint density at radius 1 is 1.36 bits per heavy atom. The Balaban J connectivity index is 1.49. The van der Waals surface area contributed by atoms with E-state index in [1.165, 1.54) is 40.5 Å². The lowest BCUT2D eigenvalue weighted by molar-refractivity contribution is -0.384. The van der Waals surface area contributed by atoms with Crippen LogP contribution < -0.4 is 0 Å². The summed E-state index contributed by atoms with van der Waals surface area (Å²) in [7, 11) is 0. The first-order valence-electron chi connectivity index (χ1n) is 11.5. The molecule has 4 heterocycles. The number of ether oxygens (including phenoxy) is 1. The fourth-order valence-electron chi connectivity index (χ4n) is 4.95. The Kier molecular flexibility index (Phi) is 6.35. The molecule has 0 saturated carbocycles. The van der Waals surface area contributed by atoms with E-state index in [0.29, 0.717) is 11.1 Å². The second-order valence-electron chi connectivity index (χ2n) is 8.81. The summed E-state index contributed by atoms with van der Waals surface area (Å²) in [5, 5.41) is 22.0. The van der Waals surface area contributed by atoms with Crippen LogP contribution in [0.5, 0.6) is 0 Å². The highest BCUT2D eigenvalue weighted by molar-refractivity contribution is 7.99. The van der Waals surface area contributed by atoms with Crippen molar-refractivity contribution in [2.24, 2.45) is 11.8 Å². The molecule has 0 bridgehead atoms. The summed E-state index contributed by atoms with van der Waals surface area (Å²) in [5.74, 6) is -0.850. The molecule has 1 amide bonds. The van der Waals surface area contributed by atoms with Gasteiger partial charge in [-0.2, -0.15) is 0 Å². The quantitative estimate of drug-likeness (QED) is 0.154. The topological polar surface area (TPSA) is 127 Å². The van der Waals surface area contributed by atoms with E-state index in [9.17, 15) is 24.8 Å². The lowest BCUT2D eigenvalue weighted by Crippen LogP contribution is -2.63. The highest BCUT2D eigenvalue weighted by Crippen LogP contribution is 2.52. The predicted molar refractivity (Wildman–Crippen MR) is 134 cm³/mol. The molecule has 12 heteroatoms. The molecule has 1 N–H and O–H groups in total. The summed E-state index contributed by atoms with van der Waals surface area (Å²) < 4.78 is 7.50. The van der Waals surface area contributed by atoms with Gasteiger partial charge in [0.15, 0.2) is 0 Å². The molecule has 36 heavy (non-hydrogen) atoms. The van der Waals surface area contributed by atoms with Crippen molar-refractivity contribution >= 4 is 51.1 Å². The van der Waals surface area contributed by atoms with Crippen molar-refractivity contribution in [2.75, 3.05) is 5.75 Å². The van der Waals surface area contributed by atoms with Gasteiger partial charge in [0.2, 0.25) is 5.91 Å². The van der Waals surface area contributed by atoms with E-state index >= 15 is 0 Å². The van der Waals surface area contributed by atoms with E-state index in [1.807, 2.05) is 17.5 Å². The van der Waals surface area contributed by atoms with Crippen molar-refractivity contribution in [3.8, 4) is 0 Å². The number of thioether (sulfide) groups is 1. The smallest absolute Gasteiger partial charge is 0.355 e. The van der Waals surface area contributed by atoms with E-state index in [0.717, 1.165) is 20.5 Å². The highest BCUT2D eigenvalue weighted by atomic mass is 32.2. The summed E-state index contributed by atoms with van der Waals surface area (Å²) in [5.41, 5.74) is 1.44. The summed E-state index contributed by atoms with van der Waals surface area (Å²) in [6.07, 6.45) is 2.81. The van der Waals surface area contributed by atoms with Gasteiger partial charge in [0.05, 0.1) is 27.9 Å². The molecule has 3 aromatic rings. The van der Waals surface area contributed by atoms with Crippen LogP contribution in [0.2, 0.25) is 0 Å². The van der Waals surface area contributed by atoms with Crippen LogP contribution in [-0.2, 0) is 20.9 Å². The first kappa shape index (κ1) is 24.5. The van der Waals surface area contributed by atoms with Crippen LogP contribution in [0.15, 0.2) is 47.5 Å². The number of carbonyl (C=O) groups is 2. The maximum absolute atomic E-state index is 13.4. The van der Waals surface area contributed by atoms with Gasteiger partial charge in [-0.1, -0.05) is 13.8 Å². The Hall–Kier alpha value is -3.22. The lowest BCUT2D eigenvalue weighted by Gasteiger charge is -2.46. The van der Waals surface area contributed by atoms with Gasteiger partial charge in [0.1, 0.15) is 28.5 Å². The second kappa shape index (κ2) is 9.34. The molecule has 0 aliphatic carbocycles. The van der Waals surface area contributed by atoms with Crippen molar-refractivity contribution in [1.82, 2.24) is 14.3 Å². The molecule has 10 nitrogen and oxygen atoms in total. The number of aliphatic hydroxyl groups excluding tert-OH is 1. The van der Waals surface area contributed by atoms with E-state index in [4.69, 9.17) is 4.74 Å². The number of imidazole rings is 1. The zero-order chi connectivity index (χ0) is 25.7. The Morgan fingerprint density at radius 3 is 2.72 bits per heavy atom. The third-order valence-corrected chi connectivity index (χ3v) is 8.74. The van der Waals surface area contributed by atoms with Crippen LogP contribution in [0.1, 0.15) is 31.2 Å². The summed E-state index contributed by atoms with van der Waals surface area (Å²) >= 11 is 3.14. The number of non-ortho nitro benzene ring substituents is 1. The highest BCUT2D eigenvalue weighted by Gasteiger charge is 2.60. The van der Waals surface area contributed by atoms with E-state index in [2.05, 4.69) is 11.9 Å². The molecule has 2 aromatic heterocycles. The average molecular weight is 529 g/mol. The second-order valence-corrected chi connectivity index (χ2v) is 11.1. The number of aliphatic hydroxyl groups is 1. The SMILES string of the molecule is CCSc1ncn2cc(C3=C(C(=O)OCc4ccc([N+](=O)[O-])cc4)N4C(=O)[C@H]([C@@H](C)O)[C@H]4[C@H]3C)sc12. The number of hydrogen-bond acceptors (Lipinski definition) is 9. The van der Waals surface area contributed by atoms with Crippen LogP contribution in [-0.4, -0.2) is 54.1 Å². The fraction of sp³-hybridized carbons (Fsp3) is 0.375. The molecule has 1 aromatic carbocycles. The number of carbonyl (C=O) groups excluding carboxylic acids is 2. The standard InChI is InChI=1S/C24H24N4O6S2/c1-4-35-21-23-26(11-25-21)9-16(36-23)17-12(2)19-18(13(3)29)22(30)27(19)20(17)24(31)34-10-14-5-7-15(8-6-14)28(32)33/h5-9,11-13,18-19,29H,4,10H2,1-3H3/t12-,13+,18+,19+/m0/s1. The number of fused-ring (bicyclic) bond motifs is 2. The predicted octanol–water partition coefficient (Wildman–Crippen LogP) is 3.73. The van der Waals surface area contributed by atoms with Gasteiger partial charge >= 0.3 is 5.97 Å². The number of rotatable bonds is 8. The number of thiazole rings is 1. The molecule has 5 rings (SSSR count).